The summed E-state index contributed by atoms with van der Waals surface area (Å²) in [5, 5.41) is 8.43. The van der Waals surface area contributed by atoms with E-state index in [4.69, 9.17) is 19.3 Å². The Bertz CT molecular complexity index is 463. The number of hydrogen-bond donors (Lipinski definition) is 1. The maximum absolute atomic E-state index is 11.4. The molecule has 0 saturated heterocycles. The lowest BCUT2D eigenvalue weighted by Crippen LogP contribution is -2.30. The summed E-state index contributed by atoms with van der Waals surface area (Å²) in [6.45, 7) is 8.94. The molecule has 122 valence electrons. The van der Waals surface area contributed by atoms with Crippen LogP contribution in [0.5, 0.6) is 0 Å². The van der Waals surface area contributed by atoms with Crippen LogP contribution in [0.4, 0.5) is 0 Å². The third kappa shape index (κ3) is 8.51. The zero-order valence-corrected chi connectivity index (χ0v) is 12.4. The molecule has 0 saturated carbocycles. The van der Waals surface area contributed by atoms with Gasteiger partial charge in [-0.05, 0) is 13.8 Å². The summed E-state index contributed by atoms with van der Waals surface area (Å²) >= 11 is 0. The number of hydrogen-bond acceptors (Lipinski definition) is 7. The molecule has 0 heterocycles. The minimum absolute atomic E-state index is 0.0635. The van der Waals surface area contributed by atoms with Gasteiger partial charge < -0.3 is 19.3 Å². The van der Waals surface area contributed by atoms with Crippen molar-refractivity contribution in [2.24, 2.45) is 0 Å². The first-order valence-electron chi connectivity index (χ1n) is 6.24. The van der Waals surface area contributed by atoms with Crippen LogP contribution in [0.15, 0.2) is 24.3 Å². The summed E-state index contributed by atoms with van der Waals surface area (Å²) < 4.78 is 14.3. The molecule has 0 aliphatic carbocycles. The number of esters is 3. The molecule has 0 atom stereocenters. The molecular weight excluding hydrogens is 296 g/mol. The molecule has 0 rings (SSSR count). The van der Waals surface area contributed by atoms with Gasteiger partial charge in [0.05, 0.1) is 12.8 Å². The van der Waals surface area contributed by atoms with Crippen LogP contribution < -0.4 is 0 Å². The Balaban J connectivity index is 4.58. The van der Waals surface area contributed by atoms with Crippen molar-refractivity contribution in [3.63, 3.8) is 0 Å². The topological polar surface area (TPSA) is 116 Å². The fraction of sp³-hybridized carbons (Fsp3) is 0.429. The van der Waals surface area contributed by atoms with E-state index < -0.39 is 43.2 Å². The average molecular weight is 314 g/mol. The molecule has 0 aliphatic heterocycles. The van der Waals surface area contributed by atoms with Crippen molar-refractivity contribution >= 4 is 23.9 Å². The van der Waals surface area contributed by atoms with Crippen LogP contribution in [0.1, 0.15) is 26.7 Å². The van der Waals surface area contributed by atoms with E-state index in [0.717, 1.165) is 0 Å². The van der Waals surface area contributed by atoms with E-state index in [1.807, 2.05) is 0 Å². The Labute approximate surface area is 127 Å². The molecule has 1 N–H and O–H groups in total. The third-order valence-corrected chi connectivity index (χ3v) is 2.10. The van der Waals surface area contributed by atoms with Crippen molar-refractivity contribution in [2.75, 3.05) is 6.61 Å². The van der Waals surface area contributed by atoms with Gasteiger partial charge in [0.2, 0.25) is 0 Å². The van der Waals surface area contributed by atoms with Crippen LogP contribution in [0.3, 0.4) is 0 Å². The Morgan fingerprint density at radius 2 is 1.41 bits per heavy atom. The second-order valence-electron chi connectivity index (χ2n) is 4.38. The lowest BCUT2D eigenvalue weighted by Gasteiger charge is -2.18. The molecular formula is C14H18O8. The van der Waals surface area contributed by atoms with E-state index in [1.54, 1.807) is 0 Å². The van der Waals surface area contributed by atoms with Crippen LogP contribution in [0.2, 0.25) is 0 Å². The highest BCUT2D eigenvalue weighted by atomic mass is 16.7. The number of carboxylic acids is 1. The second-order valence-corrected chi connectivity index (χ2v) is 4.38. The zero-order valence-electron chi connectivity index (χ0n) is 12.4. The molecule has 0 aromatic rings. The molecule has 0 spiro atoms. The maximum atomic E-state index is 11.4. The van der Waals surface area contributed by atoms with Gasteiger partial charge in [0.1, 0.15) is 0 Å². The van der Waals surface area contributed by atoms with Gasteiger partial charge in [0.15, 0.2) is 6.61 Å². The van der Waals surface area contributed by atoms with E-state index in [1.165, 1.54) is 13.8 Å². The van der Waals surface area contributed by atoms with E-state index in [2.05, 4.69) is 13.2 Å². The van der Waals surface area contributed by atoms with E-state index >= 15 is 0 Å². The van der Waals surface area contributed by atoms with E-state index in [-0.39, 0.29) is 17.6 Å². The van der Waals surface area contributed by atoms with Crippen molar-refractivity contribution in [1.29, 1.82) is 0 Å². The molecule has 0 amide bonds. The van der Waals surface area contributed by atoms with Gasteiger partial charge in [-0.1, -0.05) is 13.2 Å². The summed E-state index contributed by atoms with van der Waals surface area (Å²) in [6, 6.07) is 0. The lowest BCUT2D eigenvalue weighted by molar-refractivity contribution is -0.194. The number of carbonyl (C=O) groups excluding carboxylic acids is 3. The van der Waals surface area contributed by atoms with Crippen molar-refractivity contribution < 1.29 is 38.5 Å². The van der Waals surface area contributed by atoms with Crippen molar-refractivity contribution in [1.82, 2.24) is 0 Å². The molecule has 0 fully saturated rings. The fourth-order valence-corrected chi connectivity index (χ4v) is 0.974. The molecule has 22 heavy (non-hydrogen) atoms. The molecule has 8 heteroatoms. The van der Waals surface area contributed by atoms with Gasteiger partial charge in [-0.2, -0.15) is 0 Å². The molecule has 0 aromatic carbocycles. The number of carboxylic acid groups (broad SMARTS) is 1. The van der Waals surface area contributed by atoms with Crippen molar-refractivity contribution in [2.45, 2.75) is 33.0 Å². The Morgan fingerprint density at radius 1 is 0.955 bits per heavy atom. The standard InChI is InChI=1S/C14H18O8/c1-8(2)13(18)21-12(22-14(19)9(3)4)7-20-11(17)6-5-10(15)16/h12H,1,3,5-7H2,2,4H3,(H,15,16). The minimum Gasteiger partial charge on any atom is -0.481 e. The molecule has 0 bridgehead atoms. The summed E-state index contributed by atoms with van der Waals surface area (Å²) in [7, 11) is 0. The van der Waals surface area contributed by atoms with Crippen molar-refractivity contribution in [3.8, 4) is 0 Å². The molecule has 8 nitrogen and oxygen atoms in total. The van der Waals surface area contributed by atoms with Gasteiger partial charge in [0.25, 0.3) is 6.29 Å². The predicted octanol–water partition coefficient (Wildman–Crippen LogP) is 0.959. The average Bonchev–Trinajstić information content (AvgIpc) is 2.41. The van der Waals surface area contributed by atoms with Gasteiger partial charge in [-0.3, -0.25) is 9.59 Å². The van der Waals surface area contributed by atoms with E-state index in [9.17, 15) is 19.2 Å². The summed E-state index contributed by atoms with van der Waals surface area (Å²) in [4.78, 5) is 44.4. The smallest absolute Gasteiger partial charge is 0.336 e. The van der Waals surface area contributed by atoms with Gasteiger partial charge in [-0.15, -0.1) is 0 Å². The number of aliphatic carboxylic acids is 1. The van der Waals surface area contributed by atoms with Crippen LogP contribution in [-0.2, 0) is 33.4 Å². The van der Waals surface area contributed by atoms with Crippen LogP contribution >= 0.6 is 0 Å². The fourth-order valence-electron chi connectivity index (χ4n) is 0.974. The number of rotatable bonds is 9. The monoisotopic (exact) mass is 314 g/mol. The molecule has 0 unspecified atom stereocenters. The lowest BCUT2D eigenvalue weighted by atomic mass is 10.3. The first kappa shape index (κ1) is 19.4. The minimum atomic E-state index is -1.47. The Morgan fingerprint density at radius 3 is 1.77 bits per heavy atom. The first-order chi connectivity index (χ1) is 10.1. The molecule has 0 aliphatic rings. The quantitative estimate of drug-likeness (QED) is 0.380. The summed E-state index contributed by atoms with van der Waals surface area (Å²) in [5.41, 5.74) is 0.127. The zero-order chi connectivity index (χ0) is 17.3. The Kier molecular flexibility index (Phi) is 8.21. The Hall–Kier alpha value is -2.64. The highest BCUT2D eigenvalue weighted by molar-refractivity contribution is 5.88. The van der Waals surface area contributed by atoms with Gasteiger partial charge in [0, 0.05) is 11.1 Å². The normalized spacial score (nSPS) is 9.77. The van der Waals surface area contributed by atoms with Crippen molar-refractivity contribution in [3.05, 3.63) is 24.3 Å². The van der Waals surface area contributed by atoms with Crippen LogP contribution in [0.25, 0.3) is 0 Å². The molecule has 0 radical (unpaired) electrons. The predicted molar refractivity (Wildman–Crippen MR) is 73.4 cm³/mol. The van der Waals surface area contributed by atoms with E-state index in [0.29, 0.717) is 0 Å². The first-order valence-corrected chi connectivity index (χ1v) is 6.24. The van der Waals surface area contributed by atoms with Crippen LogP contribution in [0, 0.1) is 0 Å². The molecule has 0 aromatic heterocycles. The van der Waals surface area contributed by atoms with Gasteiger partial charge in [-0.25, -0.2) is 9.59 Å². The number of carbonyl (C=O) groups is 4. The highest BCUT2D eigenvalue weighted by Gasteiger charge is 2.22. The largest absolute Gasteiger partial charge is 0.481 e. The summed E-state index contributed by atoms with van der Waals surface area (Å²) in [6.07, 6.45) is -2.23. The second kappa shape index (κ2) is 9.32. The number of ether oxygens (including phenoxy) is 3. The third-order valence-electron chi connectivity index (χ3n) is 2.10. The van der Waals surface area contributed by atoms with Crippen LogP contribution in [-0.4, -0.2) is 41.9 Å². The maximum Gasteiger partial charge on any atom is 0.336 e. The van der Waals surface area contributed by atoms with Gasteiger partial charge >= 0.3 is 23.9 Å². The SMILES string of the molecule is C=C(C)C(=O)OC(COC(=O)CCC(=O)O)OC(=O)C(=C)C. The highest BCUT2D eigenvalue weighted by Crippen LogP contribution is 2.06. The summed E-state index contributed by atoms with van der Waals surface area (Å²) in [5.74, 6) is -3.65.